The quantitative estimate of drug-likeness (QED) is 0.479. The minimum atomic E-state index is -0.750. The molecular formula is C21H20F3N5O2. The zero-order chi connectivity index (χ0) is 22.2. The van der Waals surface area contributed by atoms with Crippen molar-refractivity contribution in [3.63, 3.8) is 0 Å². The Hall–Kier alpha value is -3.82. The Morgan fingerprint density at radius 3 is 2.45 bits per heavy atom. The lowest BCUT2D eigenvalue weighted by molar-refractivity contribution is -0.120. The molecule has 31 heavy (non-hydrogen) atoms. The lowest BCUT2D eigenvalue weighted by Crippen LogP contribution is -2.40. The van der Waals surface area contributed by atoms with Crippen LogP contribution in [0.15, 0.2) is 54.9 Å². The zero-order valence-corrected chi connectivity index (χ0v) is 16.4. The molecule has 0 bridgehead atoms. The topological polar surface area (TPSA) is 88.1 Å². The Bertz CT molecular complexity index is 1070. The molecule has 3 aromatic rings. The van der Waals surface area contributed by atoms with Gasteiger partial charge in [0.25, 0.3) is 0 Å². The first-order valence-electron chi connectivity index (χ1n) is 9.42. The molecule has 0 unspecified atom stereocenters. The van der Waals surface area contributed by atoms with Gasteiger partial charge in [-0.15, -0.1) is 0 Å². The Morgan fingerprint density at radius 2 is 1.68 bits per heavy atom. The van der Waals surface area contributed by atoms with E-state index in [-0.39, 0.29) is 37.6 Å². The second-order valence-electron chi connectivity index (χ2n) is 6.65. The molecule has 0 aliphatic rings. The van der Waals surface area contributed by atoms with Crippen LogP contribution >= 0.6 is 0 Å². The average Bonchev–Trinajstić information content (AvgIpc) is 3.18. The number of urea groups is 1. The first kappa shape index (κ1) is 21.9. The largest absolute Gasteiger partial charge is 0.354 e. The van der Waals surface area contributed by atoms with E-state index < -0.39 is 23.5 Å². The van der Waals surface area contributed by atoms with Gasteiger partial charge in [0.1, 0.15) is 17.3 Å². The number of carbonyl (C=O) groups excluding carboxylic acids is 2. The Morgan fingerprint density at radius 1 is 0.903 bits per heavy atom. The van der Waals surface area contributed by atoms with Gasteiger partial charge >= 0.3 is 6.03 Å². The van der Waals surface area contributed by atoms with Gasteiger partial charge in [-0.05, 0) is 29.8 Å². The molecule has 3 amide bonds. The molecule has 0 saturated carbocycles. The number of aromatic nitrogens is 2. The van der Waals surface area contributed by atoms with Gasteiger partial charge in [0, 0.05) is 37.5 Å². The van der Waals surface area contributed by atoms with E-state index in [1.807, 2.05) is 0 Å². The van der Waals surface area contributed by atoms with Gasteiger partial charge in [0.15, 0.2) is 5.82 Å². The second kappa shape index (κ2) is 10.3. The molecule has 0 fully saturated rings. The van der Waals surface area contributed by atoms with Crippen LogP contribution in [0.5, 0.6) is 0 Å². The number of carbonyl (C=O) groups is 2. The summed E-state index contributed by atoms with van der Waals surface area (Å²) in [5, 5.41) is 11.8. The van der Waals surface area contributed by atoms with Crippen molar-refractivity contribution < 1.29 is 22.8 Å². The van der Waals surface area contributed by atoms with Crippen molar-refractivity contribution >= 4 is 11.9 Å². The van der Waals surface area contributed by atoms with Gasteiger partial charge < -0.3 is 16.0 Å². The number of hydrogen-bond acceptors (Lipinski definition) is 3. The number of halogens is 3. The van der Waals surface area contributed by atoms with E-state index in [9.17, 15) is 22.8 Å². The maximum Gasteiger partial charge on any atom is 0.315 e. The minimum Gasteiger partial charge on any atom is -0.354 e. The minimum absolute atomic E-state index is 0.0442. The molecular weight excluding hydrogens is 411 g/mol. The highest BCUT2D eigenvalue weighted by Gasteiger charge is 2.09. The Kier molecular flexibility index (Phi) is 7.26. The van der Waals surface area contributed by atoms with E-state index in [1.165, 1.54) is 41.3 Å². The highest BCUT2D eigenvalue weighted by molar-refractivity contribution is 5.78. The normalized spacial score (nSPS) is 10.5. The van der Waals surface area contributed by atoms with Crippen molar-refractivity contribution in [1.29, 1.82) is 0 Å². The average molecular weight is 431 g/mol. The third-order valence-corrected chi connectivity index (χ3v) is 4.23. The number of benzene rings is 2. The van der Waals surface area contributed by atoms with Gasteiger partial charge in [-0.3, -0.25) is 4.79 Å². The Labute approximate surface area is 176 Å². The standard InChI is InChI=1S/C21H20F3N5O2/c22-16-3-1-2-14(8-16)9-20(30)25-6-7-26-21(31)27-11-15-12-28-29(13-15)19-5-4-17(23)10-18(19)24/h1-5,8,10,12-13H,6-7,9,11H2,(H,25,30)(H2,26,27,31). The number of hydrogen-bond donors (Lipinski definition) is 3. The van der Waals surface area contributed by atoms with Crippen LogP contribution < -0.4 is 16.0 Å². The molecule has 0 saturated heterocycles. The Balaban J connectivity index is 1.36. The second-order valence-corrected chi connectivity index (χ2v) is 6.65. The predicted octanol–water partition coefficient (Wildman–Crippen LogP) is 2.45. The molecule has 7 nitrogen and oxygen atoms in total. The van der Waals surface area contributed by atoms with E-state index in [2.05, 4.69) is 21.0 Å². The van der Waals surface area contributed by atoms with Crippen LogP contribution in [0.4, 0.5) is 18.0 Å². The summed E-state index contributed by atoms with van der Waals surface area (Å²) in [6, 6.07) is 8.48. The van der Waals surface area contributed by atoms with E-state index in [0.717, 1.165) is 12.1 Å². The van der Waals surface area contributed by atoms with Crippen molar-refractivity contribution in [2.75, 3.05) is 13.1 Å². The summed E-state index contributed by atoms with van der Waals surface area (Å²) in [6.07, 6.45) is 3.02. The molecule has 3 rings (SSSR count). The molecule has 0 aliphatic carbocycles. The van der Waals surface area contributed by atoms with Crippen LogP contribution in [-0.2, 0) is 17.8 Å². The number of rotatable bonds is 8. The van der Waals surface area contributed by atoms with E-state index >= 15 is 0 Å². The molecule has 162 valence electrons. The molecule has 0 aliphatic heterocycles. The SMILES string of the molecule is O=C(Cc1cccc(F)c1)NCCNC(=O)NCc1cnn(-c2ccc(F)cc2F)c1. The summed E-state index contributed by atoms with van der Waals surface area (Å²) in [5.74, 6) is -2.12. The highest BCUT2D eigenvalue weighted by Crippen LogP contribution is 2.14. The van der Waals surface area contributed by atoms with Gasteiger partial charge in [-0.25, -0.2) is 22.6 Å². The molecule has 10 heteroatoms. The van der Waals surface area contributed by atoms with Crippen molar-refractivity contribution in [2.45, 2.75) is 13.0 Å². The molecule has 1 heterocycles. The zero-order valence-electron chi connectivity index (χ0n) is 16.4. The summed E-state index contributed by atoms with van der Waals surface area (Å²) < 4.78 is 41.2. The highest BCUT2D eigenvalue weighted by atomic mass is 19.1. The monoisotopic (exact) mass is 431 g/mol. The lowest BCUT2D eigenvalue weighted by Gasteiger charge is -2.08. The van der Waals surface area contributed by atoms with E-state index in [0.29, 0.717) is 11.1 Å². The van der Waals surface area contributed by atoms with Crippen molar-refractivity contribution in [3.8, 4) is 5.69 Å². The van der Waals surface area contributed by atoms with Gasteiger partial charge in [0.05, 0.1) is 12.6 Å². The van der Waals surface area contributed by atoms with Crippen molar-refractivity contribution in [1.82, 2.24) is 25.7 Å². The summed E-state index contributed by atoms with van der Waals surface area (Å²) in [6.45, 7) is 0.546. The van der Waals surface area contributed by atoms with Crippen LogP contribution in [0.3, 0.4) is 0 Å². The van der Waals surface area contributed by atoms with Crippen LogP contribution in [0.1, 0.15) is 11.1 Å². The molecule has 3 N–H and O–H groups in total. The first-order chi connectivity index (χ1) is 14.9. The summed E-state index contributed by atoms with van der Waals surface area (Å²) in [5.41, 5.74) is 1.26. The first-order valence-corrected chi connectivity index (χ1v) is 9.42. The van der Waals surface area contributed by atoms with Crippen molar-refractivity contribution in [2.24, 2.45) is 0 Å². The smallest absolute Gasteiger partial charge is 0.315 e. The van der Waals surface area contributed by atoms with Gasteiger partial charge in [0.2, 0.25) is 5.91 Å². The third kappa shape index (κ3) is 6.59. The molecule has 0 atom stereocenters. The maximum atomic E-state index is 13.8. The molecule has 2 aromatic carbocycles. The fraction of sp³-hybridized carbons (Fsp3) is 0.190. The van der Waals surface area contributed by atoms with Gasteiger partial charge in [-0.2, -0.15) is 5.10 Å². The van der Waals surface area contributed by atoms with Crippen molar-refractivity contribution in [3.05, 3.63) is 83.4 Å². The molecule has 0 spiro atoms. The number of amides is 3. The number of nitrogens with zero attached hydrogens (tertiary/aromatic N) is 2. The summed E-state index contributed by atoms with van der Waals surface area (Å²) >= 11 is 0. The molecule has 0 radical (unpaired) electrons. The van der Waals surface area contributed by atoms with E-state index in [1.54, 1.807) is 6.07 Å². The lowest BCUT2D eigenvalue weighted by atomic mass is 10.1. The third-order valence-electron chi connectivity index (χ3n) is 4.23. The fourth-order valence-corrected chi connectivity index (χ4v) is 2.77. The van der Waals surface area contributed by atoms with E-state index in [4.69, 9.17) is 0 Å². The maximum absolute atomic E-state index is 13.8. The van der Waals surface area contributed by atoms with Crippen LogP contribution in [-0.4, -0.2) is 34.8 Å². The van der Waals surface area contributed by atoms with Crippen LogP contribution in [0, 0.1) is 17.5 Å². The number of nitrogens with one attached hydrogen (secondary N) is 3. The van der Waals surface area contributed by atoms with Crippen LogP contribution in [0.25, 0.3) is 5.69 Å². The van der Waals surface area contributed by atoms with Gasteiger partial charge in [-0.1, -0.05) is 12.1 Å². The van der Waals surface area contributed by atoms with Crippen LogP contribution in [0.2, 0.25) is 0 Å². The fourth-order valence-electron chi connectivity index (χ4n) is 2.77. The molecule has 1 aromatic heterocycles. The predicted molar refractivity (Wildman–Crippen MR) is 107 cm³/mol. The summed E-state index contributed by atoms with van der Waals surface area (Å²) in [4.78, 5) is 23.7. The summed E-state index contributed by atoms with van der Waals surface area (Å²) in [7, 11) is 0.